The number of hydrogen-bond donors (Lipinski definition) is 1. The van der Waals surface area contributed by atoms with Crippen LogP contribution in [-0.4, -0.2) is 48.5 Å². The molecule has 2 amide bonds. The van der Waals surface area contributed by atoms with E-state index in [1.807, 2.05) is 17.0 Å². The molecule has 0 radical (unpaired) electrons. The molecule has 0 bridgehead atoms. The third-order valence-corrected chi connectivity index (χ3v) is 6.87. The van der Waals surface area contributed by atoms with Crippen LogP contribution in [-0.2, 0) is 4.79 Å². The fourth-order valence-electron chi connectivity index (χ4n) is 4.96. The smallest absolute Gasteiger partial charge is 0.260 e. The fraction of sp³-hybridized carbons (Fsp3) is 0.481. The number of anilines is 2. The van der Waals surface area contributed by atoms with Crippen molar-refractivity contribution in [2.24, 2.45) is 5.92 Å². The van der Waals surface area contributed by atoms with Crippen molar-refractivity contribution in [2.75, 3.05) is 29.9 Å². The fourth-order valence-corrected chi connectivity index (χ4v) is 4.96. The van der Waals surface area contributed by atoms with E-state index >= 15 is 0 Å². The van der Waals surface area contributed by atoms with Gasteiger partial charge < -0.3 is 19.9 Å². The number of hydrogen-bond acceptors (Lipinski definition) is 4. The van der Waals surface area contributed by atoms with E-state index in [9.17, 15) is 9.59 Å². The highest BCUT2D eigenvalue weighted by atomic mass is 16.5. The number of amides is 2. The quantitative estimate of drug-likeness (QED) is 0.678. The van der Waals surface area contributed by atoms with E-state index in [2.05, 4.69) is 43.1 Å². The van der Waals surface area contributed by atoms with Crippen molar-refractivity contribution in [3.05, 3.63) is 54.1 Å². The Labute approximate surface area is 196 Å². The molecule has 2 saturated heterocycles. The first-order chi connectivity index (χ1) is 15.9. The van der Waals surface area contributed by atoms with Gasteiger partial charge in [0.15, 0.2) is 6.61 Å². The molecule has 2 aromatic carbocycles. The van der Waals surface area contributed by atoms with Crippen molar-refractivity contribution in [2.45, 2.75) is 58.5 Å². The summed E-state index contributed by atoms with van der Waals surface area (Å²) in [6, 6.07) is 15.4. The van der Waals surface area contributed by atoms with E-state index < -0.39 is 0 Å². The minimum atomic E-state index is -0.170. The molecule has 2 aliphatic rings. The number of carbonyl (C=O) groups excluding carboxylic acids is 2. The number of rotatable bonds is 6. The van der Waals surface area contributed by atoms with Gasteiger partial charge in [-0.1, -0.05) is 6.92 Å². The first kappa shape index (κ1) is 23.1. The van der Waals surface area contributed by atoms with Crippen LogP contribution < -0.4 is 15.0 Å². The molecule has 4 rings (SSSR count). The molecule has 6 heteroatoms. The largest absolute Gasteiger partial charge is 0.484 e. The standard InChI is InChI=1S/C27H35N3O3/c1-19-15-16-29(17-19)24-11-9-23(10-12-24)28-27(32)22-7-13-25(14-8-22)33-18-26(31)30-20(2)5-4-6-21(30)3/h7-14,19-21H,4-6,15-18H2,1-3H3,(H,28,32). The topological polar surface area (TPSA) is 61.9 Å². The molecule has 2 aliphatic heterocycles. The van der Waals surface area contributed by atoms with Gasteiger partial charge in [0.2, 0.25) is 0 Å². The zero-order chi connectivity index (χ0) is 23.4. The molecule has 3 atom stereocenters. The maximum absolute atomic E-state index is 12.6. The van der Waals surface area contributed by atoms with Gasteiger partial charge in [-0.05, 0) is 94.0 Å². The lowest BCUT2D eigenvalue weighted by Gasteiger charge is -2.38. The second kappa shape index (κ2) is 10.3. The second-order valence-electron chi connectivity index (χ2n) is 9.58. The zero-order valence-corrected chi connectivity index (χ0v) is 19.9. The Morgan fingerprint density at radius 2 is 1.61 bits per heavy atom. The van der Waals surface area contributed by atoms with Crippen molar-refractivity contribution in [3.63, 3.8) is 0 Å². The van der Waals surface area contributed by atoms with Gasteiger partial charge in [-0.2, -0.15) is 0 Å². The Kier molecular flexibility index (Phi) is 7.21. The van der Waals surface area contributed by atoms with Crippen molar-refractivity contribution in [1.29, 1.82) is 0 Å². The van der Waals surface area contributed by atoms with Crippen molar-refractivity contribution in [3.8, 4) is 5.75 Å². The Morgan fingerprint density at radius 3 is 2.21 bits per heavy atom. The predicted molar refractivity (Wildman–Crippen MR) is 132 cm³/mol. The Hall–Kier alpha value is -3.02. The van der Waals surface area contributed by atoms with E-state index in [0.717, 1.165) is 37.5 Å². The number of likely N-dealkylation sites (tertiary alicyclic amines) is 1. The van der Waals surface area contributed by atoms with E-state index in [-0.39, 0.29) is 30.5 Å². The van der Waals surface area contributed by atoms with Gasteiger partial charge in [-0.15, -0.1) is 0 Å². The lowest BCUT2D eigenvalue weighted by Crippen LogP contribution is -2.49. The van der Waals surface area contributed by atoms with Gasteiger partial charge in [0.05, 0.1) is 0 Å². The minimum Gasteiger partial charge on any atom is -0.484 e. The van der Waals surface area contributed by atoms with E-state index in [0.29, 0.717) is 11.3 Å². The van der Waals surface area contributed by atoms with Crippen molar-refractivity contribution < 1.29 is 14.3 Å². The summed E-state index contributed by atoms with van der Waals surface area (Å²) in [5.74, 6) is 1.16. The summed E-state index contributed by atoms with van der Waals surface area (Å²) in [6.45, 7) is 8.66. The Morgan fingerprint density at radius 1 is 0.939 bits per heavy atom. The summed E-state index contributed by atoms with van der Waals surface area (Å²) in [4.78, 5) is 29.6. The van der Waals surface area contributed by atoms with Crippen LogP contribution in [0.25, 0.3) is 0 Å². The van der Waals surface area contributed by atoms with Crippen LogP contribution >= 0.6 is 0 Å². The molecule has 0 aromatic heterocycles. The van der Waals surface area contributed by atoms with Gasteiger partial charge in [0.25, 0.3) is 11.8 Å². The molecule has 6 nitrogen and oxygen atoms in total. The molecule has 0 aliphatic carbocycles. The molecular weight excluding hydrogens is 414 g/mol. The summed E-state index contributed by atoms with van der Waals surface area (Å²) < 4.78 is 5.71. The highest BCUT2D eigenvalue weighted by molar-refractivity contribution is 6.04. The number of nitrogens with zero attached hydrogens (tertiary/aromatic N) is 2. The average Bonchev–Trinajstić information content (AvgIpc) is 3.24. The van der Waals surface area contributed by atoms with Crippen LogP contribution in [0.4, 0.5) is 11.4 Å². The van der Waals surface area contributed by atoms with Gasteiger partial charge in [0.1, 0.15) is 5.75 Å². The van der Waals surface area contributed by atoms with Gasteiger partial charge >= 0.3 is 0 Å². The summed E-state index contributed by atoms with van der Waals surface area (Å²) in [7, 11) is 0. The maximum Gasteiger partial charge on any atom is 0.260 e. The molecule has 33 heavy (non-hydrogen) atoms. The normalized spacial score (nSPS) is 22.8. The Bertz CT molecular complexity index is 948. The molecule has 0 spiro atoms. The first-order valence-electron chi connectivity index (χ1n) is 12.1. The number of carbonyl (C=O) groups is 2. The van der Waals surface area contributed by atoms with Gasteiger partial charge in [-0.25, -0.2) is 0 Å². The van der Waals surface area contributed by atoms with E-state index in [1.165, 1.54) is 18.5 Å². The summed E-state index contributed by atoms with van der Waals surface area (Å²) in [5.41, 5.74) is 2.51. The van der Waals surface area contributed by atoms with Crippen molar-refractivity contribution >= 4 is 23.2 Å². The van der Waals surface area contributed by atoms with Crippen LogP contribution in [0, 0.1) is 5.92 Å². The highest BCUT2D eigenvalue weighted by Gasteiger charge is 2.29. The van der Waals surface area contributed by atoms with Gasteiger partial charge in [-0.3, -0.25) is 9.59 Å². The van der Waals surface area contributed by atoms with E-state index in [1.54, 1.807) is 24.3 Å². The summed E-state index contributed by atoms with van der Waals surface area (Å²) in [5, 5.41) is 2.95. The molecule has 176 valence electrons. The van der Waals surface area contributed by atoms with Crippen LogP contribution in [0.15, 0.2) is 48.5 Å². The third-order valence-electron chi connectivity index (χ3n) is 6.87. The second-order valence-corrected chi connectivity index (χ2v) is 9.58. The molecule has 3 unspecified atom stereocenters. The maximum atomic E-state index is 12.6. The van der Waals surface area contributed by atoms with Crippen LogP contribution in [0.5, 0.6) is 5.75 Å². The number of benzene rings is 2. The number of piperidine rings is 1. The molecular formula is C27H35N3O3. The van der Waals surface area contributed by atoms with Crippen molar-refractivity contribution in [1.82, 2.24) is 4.90 Å². The zero-order valence-electron chi connectivity index (χ0n) is 19.9. The SMILES string of the molecule is CC1CCN(c2ccc(NC(=O)c3ccc(OCC(=O)N4C(C)CCCC4C)cc3)cc2)C1. The van der Waals surface area contributed by atoms with Crippen LogP contribution in [0.1, 0.15) is 56.8 Å². The average molecular weight is 450 g/mol. The minimum absolute atomic E-state index is 0.0162. The Balaban J connectivity index is 1.28. The monoisotopic (exact) mass is 449 g/mol. The predicted octanol–water partition coefficient (Wildman–Crippen LogP) is 4.95. The molecule has 1 N–H and O–H groups in total. The number of ether oxygens (including phenoxy) is 1. The molecule has 2 fully saturated rings. The first-order valence-corrected chi connectivity index (χ1v) is 12.1. The molecule has 0 saturated carbocycles. The van der Waals surface area contributed by atoms with E-state index in [4.69, 9.17) is 4.74 Å². The third kappa shape index (κ3) is 5.67. The lowest BCUT2D eigenvalue weighted by molar-refractivity contribution is -0.139. The molecule has 2 aromatic rings. The highest BCUT2D eigenvalue weighted by Crippen LogP contribution is 2.25. The van der Waals surface area contributed by atoms with Crippen LogP contribution in [0.2, 0.25) is 0 Å². The lowest BCUT2D eigenvalue weighted by atomic mass is 9.97. The molecule has 2 heterocycles. The summed E-state index contributed by atoms with van der Waals surface area (Å²) in [6.07, 6.45) is 4.47. The number of nitrogens with one attached hydrogen (secondary N) is 1. The van der Waals surface area contributed by atoms with Crippen LogP contribution in [0.3, 0.4) is 0 Å². The van der Waals surface area contributed by atoms with Gasteiger partial charge in [0, 0.05) is 42.1 Å². The summed E-state index contributed by atoms with van der Waals surface area (Å²) >= 11 is 0.